The minimum Gasteiger partial charge on any atom is -0.353 e. The van der Waals surface area contributed by atoms with Crippen molar-refractivity contribution in [3.63, 3.8) is 0 Å². The molecule has 1 fully saturated rings. The summed E-state index contributed by atoms with van der Waals surface area (Å²) in [6.45, 7) is 6.80. The van der Waals surface area contributed by atoms with Crippen molar-refractivity contribution < 1.29 is 4.79 Å². The van der Waals surface area contributed by atoms with Gasteiger partial charge in [0.05, 0.1) is 6.07 Å². The van der Waals surface area contributed by atoms with E-state index in [4.69, 9.17) is 5.26 Å². The van der Waals surface area contributed by atoms with Gasteiger partial charge in [0.2, 0.25) is 5.91 Å². The van der Waals surface area contributed by atoms with E-state index in [0.29, 0.717) is 24.8 Å². The fraction of sp³-hybridized carbons (Fsp3) is 0.846. The molecule has 0 aromatic rings. The third-order valence-electron chi connectivity index (χ3n) is 2.76. The fourth-order valence-electron chi connectivity index (χ4n) is 1.81. The van der Waals surface area contributed by atoms with Crippen molar-refractivity contribution in [1.82, 2.24) is 10.2 Å². The smallest absolute Gasteiger partial charge is 0.221 e. The van der Waals surface area contributed by atoms with Crippen LogP contribution in [0, 0.1) is 17.2 Å². The maximum absolute atomic E-state index is 11.6. The lowest BCUT2D eigenvalue weighted by Gasteiger charge is -2.22. The van der Waals surface area contributed by atoms with Crippen molar-refractivity contribution in [3.8, 4) is 6.07 Å². The molecule has 0 aromatic heterocycles. The number of nitrogens with one attached hydrogen (secondary N) is 1. The monoisotopic (exact) mass is 237 g/mol. The van der Waals surface area contributed by atoms with Gasteiger partial charge in [-0.2, -0.15) is 5.26 Å². The first-order chi connectivity index (χ1) is 8.11. The van der Waals surface area contributed by atoms with E-state index in [9.17, 15) is 4.79 Å². The molecule has 0 atom stereocenters. The topological polar surface area (TPSA) is 56.1 Å². The molecule has 1 amide bonds. The van der Waals surface area contributed by atoms with Crippen LogP contribution in [-0.2, 0) is 4.79 Å². The van der Waals surface area contributed by atoms with Crippen molar-refractivity contribution in [2.45, 2.75) is 45.6 Å². The Bertz CT molecular complexity index is 279. The van der Waals surface area contributed by atoms with Gasteiger partial charge in [0, 0.05) is 38.5 Å². The Morgan fingerprint density at radius 2 is 2.18 bits per heavy atom. The van der Waals surface area contributed by atoms with Gasteiger partial charge in [-0.3, -0.25) is 4.79 Å². The average molecular weight is 237 g/mol. The van der Waals surface area contributed by atoms with Crippen molar-refractivity contribution in [1.29, 1.82) is 5.26 Å². The molecule has 17 heavy (non-hydrogen) atoms. The van der Waals surface area contributed by atoms with E-state index in [0.717, 1.165) is 32.5 Å². The van der Waals surface area contributed by atoms with Gasteiger partial charge in [-0.1, -0.05) is 13.8 Å². The predicted octanol–water partition coefficient (Wildman–Crippen LogP) is 1.53. The van der Waals surface area contributed by atoms with Crippen LogP contribution in [0.5, 0.6) is 0 Å². The van der Waals surface area contributed by atoms with Crippen molar-refractivity contribution >= 4 is 5.91 Å². The second-order valence-corrected chi connectivity index (χ2v) is 5.19. The van der Waals surface area contributed by atoms with Crippen LogP contribution in [0.3, 0.4) is 0 Å². The molecular formula is C13H23N3O. The molecule has 0 radical (unpaired) electrons. The molecule has 1 N–H and O–H groups in total. The summed E-state index contributed by atoms with van der Waals surface area (Å²) in [6.07, 6.45) is 3.36. The SMILES string of the molecule is CC(C)CN(CCC#N)CCC(=O)NC1CC1. The van der Waals surface area contributed by atoms with E-state index >= 15 is 0 Å². The van der Waals surface area contributed by atoms with Crippen molar-refractivity contribution in [2.75, 3.05) is 19.6 Å². The molecule has 0 saturated heterocycles. The lowest BCUT2D eigenvalue weighted by molar-refractivity contribution is -0.121. The zero-order valence-electron chi connectivity index (χ0n) is 10.9. The maximum atomic E-state index is 11.6. The molecule has 0 aromatic carbocycles. The van der Waals surface area contributed by atoms with Gasteiger partial charge in [0.25, 0.3) is 0 Å². The summed E-state index contributed by atoms with van der Waals surface area (Å²) >= 11 is 0. The Morgan fingerprint density at radius 1 is 1.47 bits per heavy atom. The summed E-state index contributed by atoms with van der Waals surface area (Å²) in [7, 11) is 0. The van der Waals surface area contributed by atoms with Crippen LogP contribution in [0.4, 0.5) is 0 Å². The van der Waals surface area contributed by atoms with Gasteiger partial charge < -0.3 is 10.2 Å². The normalized spacial score (nSPS) is 15.0. The van der Waals surface area contributed by atoms with Crippen LogP contribution in [0.1, 0.15) is 39.5 Å². The van der Waals surface area contributed by atoms with Crippen LogP contribution < -0.4 is 5.32 Å². The van der Waals surface area contributed by atoms with Crippen LogP contribution in [0.15, 0.2) is 0 Å². The summed E-state index contributed by atoms with van der Waals surface area (Å²) in [5.74, 6) is 0.721. The zero-order chi connectivity index (χ0) is 12.7. The number of carbonyl (C=O) groups excluding carboxylic acids is 1. The molecule has 96 valence electrons. The molecule has 1 aliphatic carbocycles. The van der Waals surface area contributed by atoms with E-state index in [1.807, 2.05) is 0 Å². The summed E-state index contributed by atoms with van der Waals surface area (Å²) in [4.78, 5) is 13.8. The first-order valence-electron chi connectivity index (χ1n) is 6.50. The predicted molar refractivity (Wildman–Crippen MR) is 67.3 cm³/mol. The Kier molecular flexibility index (Phi) is 5.99. The molecule has 0 aliphatic heterocycles. The number of amides is 1. The molecule has 0 spiro atoms. The first kappa shape index (κ1) is 14.0. The molecule has 1 aliphatic rings. The van der Waals surface area contributed by atoms with Crippen LogP contribution in [0.25, 0.3) is 0 Å². The molecule has 1 saturated carbocycles. The van der Waals surface area contributed by atoms with Crippen molar-refractivity contribution in [2.24, 2.45) is 5.92 Å². The van der Waals surface area contributed by atoms with E-state index in [2.05, 4.69) is 30.1 Å². The van der Waals surface area contributed by atoms with Gasteiger partial charge >= 0.3 is 0 Å². The number of nitriles is 1. The molecule has 1 rings (SSSR count). The van der Waals surface area contributed by atoms with Gasteiger partial charge in [-0.05, 0) is 18.8 Å². The van der Waals surface area contributed by atoms with Gasteiger partial charge in [-0.15, -0.1) is 0 Å². The Labute approximate surface area is 104 Å². The van der Waals surface area contributed by atoms with Crippen molar-refractivity contribution in [3.05, 3.63) is 0 Å². The number of carbonyl (C=O) groups is 1. The fourth-order valence-corrected chi connectivity index (χ4v) is 1.81. The largest absolute Gasteiger partial charge is 0.353 e. The Hall–Kier alpha value is -1.08. The summed E-state index contributed by atoms with van der Waals surface area (Å²) in [6, 6.07) is 2.60. The molecule has 0 bridgehead atoms. The Balaban J connectivity index is 2.21. The average Bonchev–Trinajstić information content (AvgIpc) is 3.05. The third-order valence-corrected chi connectivity index (χ3v) is 2.76. The van der Waals surface area contributed by atoms with Gasteiger partial charge in [-0.25, -0.2) is 0 Å². The molecule has 4 heteroatoms. The highest BCUT2D eigenvalue weighted by atomic mass is 16.1. The standard InChI is InChI=1S/C13H23N3O/c1-11(2)10-16(8-3-7-14)9-6-13(17)15-12-4-5-12/h11-12H,3-6,8-10H2,1-2H3,(H,15,17). The second kappa shape index (κ2) is 7.29. The van der Waals surface area contributed by atoms with E-state index in [-0.39, 0.29) is 5.91 Å². The third kappa shape index (κ3) is 6.96. The minimum atomic E-state index is 0.151. The summed E-state index contributed by atoms with van der Waals surface area (Å²) in [5.41, 5.74) is 0. The van der Waals surface area contributed by atoms with Crippen LogP contribution >= 0.6 is 0 Å². The quantitative estimate of drug-likeness (QED) is 0.696. The maximum Gasteiger partial charge on any atom is 0.221 e. The molecule has 0 unspecified atom stereocenters. The van der Waals surface area contributed by atoms with E-state index in [1.165, 1.54) is 0 Å². The van der Waals surface area contributed by atoms with Gasteiger partial charge in [0.1, 0.15) is 0 Å². The Morgan fingerprint density at radius 3 is 2.71 bits per heavy atom. The van der Waals surface area contributed by atoms with Gasteiger partial charge in [0.15, 0.2) is 0 Å². The lowest BCUT2D eigenvalue weighted by Crippen LogP contribution is -2.34. The number of hydrogen-bond donors (Lipinski definition) is 1. The van der Waals surface area contributed by atoms with E-state index < -0.39 is 0 Å². The summed E-state index contributed by atoms with van der Waals surface area (Å²) in [5, 5.41) is 11.6. The molecule has 4 nitrogen and oxygen atoms in total. The highest BCUT2D eigenvalue weighted by Crippen LogP contribution is 2.18. The second-order valence-electron chi connectivity index (χ2n) is 5.19. The highest BCUT2D eigenvalue weighted by molar-refractivity contribution is 5.76. The van der Waals surface area contributed by atoms with Crippen LogP contribution in [-0.4, -0.2) is 36.5 Å². The number of nitrogens with zero attached hydrogens (tertiary/aromatic N) is 2. The van der Waals surface area contributed by atoms with Crippen LogP contribution in [0.2, 0.25) is 0 Å². The highest BCUT2D eigenvalue weighted by Gasteiger charge is 2.23. The molecular weight excluding hydrogens is 214 g/mol. The minimum absolute atomic E-state index is 0.151. The zero-order valence-corrected chi connectivity index (χ0v) is 10.9. The first-order valence-corrected chi connectivity index (χ1v) is 6.50. The number of hydrogen-bond acceptors (Lipinski definition) is 3. The summed E-state index contributed by atoms with van der Waals surface area (Å²) < 4.78 is 0. The lowest BCUT2D eigenvalue weighted by atomic mass is 10.2. The number of rotatable bonds is 8. The van der Waals surface area contributed by atoms with E-state index in [1.54, 1.807) is 0 Å². The molecule has 0 heterocycles.